The fraction of sp³-hybridized carbons (Fsp3) is 0.368. The summed E-state index contributed by atoms with van der Waals surface area (Å²) in [4.78, 5) is 0.237. The molecule has 0 heterocycles. The van der Waals surface area contributed by atoms with E-state index in [1.54, 1.807) is 12.1 Å². The fourth-order valence-electron chi connectivity index (χ4n) is 2.92. The van der Waals surface area contributed by atoms with Crippen LogP contribution in [0.1, 0.15) is 24.0 Å². The maximum Gasteiger partial charge on any atom is 0.240 e. The van der Waals surface area contributed by atoms with Crippen LogP contribution in [0.5, 0.6) is 0 Å². The highest BCUT2D eigenvalue weighted by molar-refractivity contribution is 7.89. The predicted octanol–water partition coefficient (Wildman–Crippen LogP) is 3.18. The lowest BCUT2D eigenvalue weighted by Crippen LogP contribution is -2.31. The molecule has 3 rings (SSSR count). The molecule has 1 fully saturated rings. The van der Waals surface area contributed by atoms with Crippen LogP contribution in [0.2, 0.25) is 5.02 Å². The van der Waals surface area contributed by atoms with E-state index >= 15 is 0 Å². The third-order valence-electron chi connectivity index (χ3n) is 4.72. The van der Waals surface area contributed by atoms with Gasteiger partial charge in [-0.2, -0.15) is 0 Å². The summed E-state index contributed by atoms with van der Waals surface area (Å²) in [5.74, 6) is 0. The van der Waals surface area contributed by atoms with Gasteiger partial charge in [0.05, 0.1) is 4.90 Å². The average Bonchev–Trinajstić information content (AvgIpc) is 3.36. The predicted molar refractivity (Wildman–Crippen MR) is 99.2 cm³/mol. The fourth-order valence-corrected chi connectivity index (χ4v) is 4.21. The van der Waals surface area contributed by atoms with Gasteiger partial charge >= 0.3 is 0 Å². The topological polar surface area (TPSA) is 66.4 Å². The Morgan fingerprint density at radius 3 is 2.16 bits per heavy atom. The Balaban J connectivity index is 1.61. The van der Waals surface area contributed by atoms with Crippen LogP contribution >= 0.6 is 11.6 Å². The number of aliphatic hydroxyl groups excluding tert-OH is 1. The van der Waals surface area contributed by atoms with Crippen molar-refractivity contribution in [2.45, 2.75) is 30.6 Å². The Labute approximate surface area is 153 Å². The molecule has 0 amide bonds. The van der Waals surface area contributed by atoms with E-state index < -0.39 is 10.0 Å². The lowest BCUT2D eigenvalue weighted by molar-refractivity contribution is 0.299. The van der Waals surface area contributed by atoms with Crippen molar-refractivity contribution in [1.82, 2.24) is 4.72 Å². The minimum atomic E-state index is -3.51. The molecule has 0 unspecified atom stereocenters. The number of hydrogen-bond donors (Lipinski definition) is 2. The minimum Gasteiger partial charge on any atom is -0.396 e. The van der Waals surface area contributed by atoms with Crippen LogP contribution < -0.4 is 4.72 Å². The molecule has 0 bridgehead atoms. The lowest BCUT2D eigenvalue weighted by Gasteiger charge is -2.17. The van der Waals surface area contributed by atoms with E-state index in [1.807, 2.05) is 12.1 Å². The van der Waals surface area contributed by atoms with Crippen LogP contribution in [-0.4, -0.2) is 26.7 Å². The number of sulfonamides is 1. The first-order valence-corrected chi connectivity index (χ1v) is 10.2. The first-order chi connectivity index (χ1) is 11.9. The first kappa shape index (κ1) is 18.4. The monoisotopic (exact) mass is 379 g/mol. The Morgan fingerprint density at radius 2 is 1.60 bits per heavy atom. The number of aliphatic hydroxyl groups is 1. The molecule has 1 aliphatic carbocycles. The van der Waals surface area contributed by atoms with E-state index in [0.717, 1.165) is 24.8 Å². The number of hydrogen-bond acceptors (Lipinski definition) is 3. The van der Waals surface area contributed by atoms with E-state index in [-0.39, 0.29) is 16.9 Å². The highest BCUT2D eigenvalue weighted by Crippen LogP contribution is 2.48. The number of benzene rings is 2. The van der Waals surface area contributed by atoms with Crippen LogP contribution in [0, 0.1) is 5.41 Å². The molecule has 0 spiro atoms. The van der Waals surface area contributed by atoms with Crippen LogP contribution in [0.4, 0.5) is 0 Å². The van der Waals surface area contributed by atoms with Crippen molar-refractivity contribution in [2.75, 3.05) is 13.2 Å². The Morgan fingerprint density at radius 1 is 1.00 bits per heavy atom. The van der Waals surface area contributed by atoms with Crippen LogP contribution in [0.3, 0.4) is 0 Å². The summed E-state index contributed by atoms with van der Waals surface area (Å²) in [6, 6.07) is 14.4. The number of nitrogens with one attached hydrogen (secondary N) is 1. The van der Waals surface area contributed by atoms with E-state index in [2.05, 4.69) is 16.9 Å². The second-order valence-electron chi connectivity index (χ2n) is 6.75. The van der Waals surface area contributed by atoms with Crippen molar-refractivity contribution in [2.24, 2.45) is 5.41 Å². The van der Waals surface area contributed by atoms with Crippen LogP contribution in [-0.2, 0) is 22.9 Å². The van der Waals surface area contributed by atoms with Gasteiger partial charge in [0.15, 0.2) is 0 Å². The third-order valence-corrected chi connectivity index (χ3v) is 6.39. The highest BCUT2D eigenvalue weighted by Gasteiger charge is 2.43. The van der Waals surface area contributed by atoms with Crippen LogP contribution in [0.25, 0.3) is 0 Å². The van der Waals surface area contributed by atoms with Gasteiger partial charge in [-0.3, -0.25) is 0 Å². The Kier molecular flexibility index (Phi) is 5.49. The molecule has 0 radical (unpaired) electrons. The van der Waals surface area contributed by atoms with Gasteiger partial charge < -0.3 is 5.11 Å². The molecule has 2 N–H and O–H groups in total. The van der Waals surface area contributed by atoms with Crippen molar-refractivity contribution in [3.63, 3.8) is 0 Å². The molecular formula is C19H22ClNO3S. The summed E-state index contributed by atoms with van der Waals surface area (Å²) in [5.41, 5.74) is 2.32. The van der Waals surface area contributed by atoms with Crippen molar-refractivity contribution >= 4 is 21.6 Å². The van der Waals surface area contributed by atoms with Gasteiger partial charge in [-0.15, -0.1) is 0 Å². The Bertz CT molecular complexity index is 813. The van der Waals surface area contributed by atoms with Gasteiger partial charge in [-0.05, 0) is 66.5 Å². The first-order valence-electron chi connectivity index (χ1n) is 8.36. The van der Waals surface area contributed by atoms with Crippen LogP contribution in [0.15, 0.2) is 53.4 Å². The van der Waals surface area contributed by atoms with Gasteiger partial charge in [-0.25, -0.2) is 13.1 Å². The highest BCUT2D eigenvalue weighted by atomic mass is 35.5. The molecular weight excluding hydrogens is 358 g/mol. The largest absolute Gasteiger partial charge is 0.396 e. The van der Waals surface area contributed by atoms with Gasteiger partial charge in [0.25, 0.3) is 0 Å². The quantitative estimate of drug-likeness (QED) is 0.740. The zero-order valence-electron chi connectivity index (χ0n) is 13.9. The molecule has 134 valence electrons. The third kappa shape index (κ3) is 4.82. The zero-order valence-corrected chi connectivity index (χ0v) is 15.5. The van der Waals surface area contributed by atoms with E-state index in [0.29, 0.717) is 18.0 Å². The smallest absolute Gasteiger partial charge is 0.240 e. The van der Waals surface area contributed by atoms with Gasteiger partial charge in [0.2, 0.25) is 10.0 Å². The standard InChI is InChI=1S/C19H22ClNO3S/c20-17-5-7-18(8-6-17)25(23,24)21-14-19(10-11-19)13-16-3-1-15(2-4-16)9-12-22/h1-8,21-22H,9-14H2. The second kappa shape index (κ2) is 7.46. The molecule has 1 saturated carbocycles. The molecule has 0 aromatic heterocycles. The van der Waals surface area contributed by atoms with E-state index in [4.69, 9.17) is 16.7 Å². The molecule has 6 heteroatoms. The number of rotatable bonds is 8. The molecule has 25 heavy (non-hydrogen) atoms. The summed E-state index contributed by atoms with van der Waals surface area (Å²) < 4.78 is 27.6. The average molecular weight is 380 g/mol. The summed E-state index contributed by atoms with van der Waals surface area (Å²) >= 11 is 5.81. The summed E-state index contributed by atoms with van der Waals surface area (Å²) in [7, 11) is -3.51. The number of halogens is 1. The lowest BCUT2D eigenvalue weighted by atomic mass is 9.96. The second-order valence-corrected chi connectivity index (χ2v) is 8.95. The zero-order chi connectivity index (χ0) is 17.9. The molecule has 4 nitrogen and oxygen atoms in total. The summed E-state index contributed by atoms with van der Waals surface area (Å²) in [6.45, 7) is 0.589. The molecule has 0 saturated heterocycles. The van der Waals surface area contributed by atoms with Gasteiger partial charge in [-0.1, -0.05) is 35.9 Å². The molecule has 0 aliphatic heterocycles. The van der Waals surface area contributed by atoms with Crippen molar-refractivity contribution < 1.29 is 13.5 Å². The maximum atomic E-state index is 12.4. The Hall–Kier alpha value is -1.40. The summed E-state index contributed by atoms with van der Waals surface area (Å²) in [5, 5.41) is 9.48. The summed E-state index contributed by atoms with van der Waals surface area (Å²) in [6.07, 6.45) is 3.56. The van der Waals surface area contributed by atoms with Crippen molar-refractivity contribution in [3.8, 4) is 0 Å². The van der Waals surface area contributed by atoms with E-state index in [9.17, 15) is 8.42 Å². The van der Waals surface area contributed by atoms with Crippen molar-refractivity contribution in [1.29, 1.82) is 0 Å². The molecule has 1 aliphatic rings. The van der Waals surface area contributed by atoms with Gasteiger partial charge in [0.1, 0.15) is 0 Å². The molecule has 2 aromatic carbocycles. The van der Waals surface area contributed by atoms with Crippen molar-refractivity contribution in [3.05, 3.63) is 64.7 Å². The minimum absolute atomic E-state index is 0.0119. The maximum absolute atomic E-state index is 12.4. The van der Waals surface area contributed by atoms with Gasteiger partial charge in [0, 0.05) is 18.2 Å². The SMILES string of the molecule is O=S(=O)(NCC1(Cc2ccc(CCO)cc2)CC1)c1ccc(Cl)cc1. The normalized spacial score (nSPS) is 15.9. The molecule has 0 atom stereocenters. The molecule has 2 aromatic rings. The van der Waals surface area contributed by atoms with E-state index in [1.165, 1.54) is 17.7 Å².